The number of hydrogen-bond acceptors (Lipinski definition) is 4. The van der Waals surface area contributed by atoms with E-state index in [1.807, 2.05) is 31.2 Å². The molecule has 0 aliphatic heterocycles. The molecule has 0 aliphatic rings. The Kier molecular flexibility index (Phi) is 5.54. The van der Waals surface area contributed by atoms with E-state index in [1.165, 1.54) is 18.2 Å². The number of halogens is 1. The van der Waals surface area contributed by atoms with Crippen molar-refractivity contribution < 1.29 is 14.5 Å². The lowest BCUT2D eigenvalue weighted by molar-refractivity contribution is -0.385. The van der Waals surface area contributed by atoms with Crippen LogP contribution in [-0.4, -0.2) is 17.4 Å². The molecule has 0 aromatic heterocycles. The highest BCUT2D eigenvalue weighted by atomic mass is 35.5. The second-order valence-corrected chi connectivity index (χ2v) is 5.36. The van der Waals surface area contributed by atoms with Crippen molar-refractivity contribution in [1.29, 1.82) is 0 Å². The maximum Gasteiger partial charge on any atom is 0.312 e. The summed E-state index contributed by atoms with van der Waals surface area (Å²) in [5.41, 5.74) is 1.82. The number of hydrogen-bond donors (Lipinski definition) is 1. The van der Waals surface area contributed by atoms with Gasteiger partial charge in [-0.25, -0.2) is 0 Å². The van der Waals surface area contributed by atoms with Crippen molar-refractivity contribution in [3.63, 3.8) is 0 Å². The molecule has 0 unspecified atom stereocenters. The summed E-state index contributed by atoms with van der Waals surface area (Å²) < 4.78 is 5.21. The van der Waals surface area contributed by atoms with Gasteiger partial charge in [0, 0.05) is 17.6 Å². The van der Waals surface area contributed by atoms with E-state index in [-0.39, 0.29) is 29.0 Å². The van der Waals surface area contributed by atoms with Gasteiger partial charge < -0.3 is 10.1 Å². The molecule has 0 saturated heterocycles. The summed E-state index contributed by atoms with van der Waals surface area (Å²) in [7, 11) is 0. The molecule has 0 aliphatic carbocycles. The van der Waals surface area contributed by atoms with Crippen LogP contribution in [0.2, 0.25) is 5.02 Å². The van der Waals surface area contributed by atoms with Crippen molar-refractivity contribution in [1.82, 2.24) is 5.32 Å². The summed E-state index contributed by atoms with van der Waals surface area (Å²) in [4.78, 5) is 22.1. The van der Waals surface area contributed by atoms with E-state index >= 15 is 0 Å². The normalized spacial score (nSPS) is 10.2. The smallest absolute Gasteiger partial charge is 0.312 e. The predicted molar refractivity (Wildman–Crippen MR) is 86.6 cm³/mol. The topological polar surface area (TPSA) is 81.5 Å². The van der Waals surface area contributed by atoms with Crippen molar-refractivity contribution in [2.24, 2.45) is 0 Å². The second-order valence-electron chi connectivity index (χ2n) is 4.92. The van der Waals surface area contributed by atoms with Gasteiger partial charge in [0.2, 0.25) is 0 Å². The van der Waals surface area contributed by atoms with Crippen LogP contribution < -0.4 is 10.1 Å². The van der Waals surface area contributed by atoms with Gasteiger partial charge in [-0.2, -0.15) is 0 Å². The summed E-state index contributed by atoms with van der Waals surface area (Å²) in [6.07, 6.45) is 0. The quantitative estimate of drug-likeness (QED) is 0.649. The lowest BCUT2D eigenvalue weighted by Crippen LogP contribution is -2.28. The highest BCUT2D eigenvalue weighted by Crippen LogP contribution is 2.29. The Morgan fingerprint density at radius 2 is 1.96 bits per heavy atom. The van der Waals surface area contributed by atoms with E-state index in [1.54, 1.807) is 0 Å². The number of nitrogens with one attached hydrogen (secondary N) is 1. The first-order valence-corrected chi connectivity index (χ1v) is 7.22. The summed E-state index contributed by atoms with van der Waals surface area (Å²) in [6.45, 7) is 2.04. The van der Waals surface area contributed by atoms with Crippen LogP contribution in [0, 0.1) is 17.0 Å². The summed E-state index contributed by atoms with van der Waals surface area (Å²) >= 11 is 5.71. The van der Waals surface area contributed by atoms with Crippen LogP contribution in [-0.2, 0) is 11.3 Å². The van der Waals surface area contributed by atoms with Crippen molar-refractivity contribution in [3.05, 3.63) is 68.7 Å². The fraction of sp³-hybridized carbons (Fsp3) is 0.188. The number of nitrogens with zero attached hydrogens (tertiary/aromatic N) is 1. The van der Waals surface area contributed by atoms with Crippen LogP contribution in [0.4, 0.5) is 5.69 Å². The van der Waals surface area contributed by atoms with Gasteiger partial charge in [-0.1, -0.05) is 41.4 Å². The van der Waals surface area contributed by atoms with Crippen molar-refractivity contribution >= 4 is 23.2 Å². The van der Waals surface area contributed by atoms with E-state index in [2.05, 4.69) is 5.32 Å². The zero-order chi connectivity index (χ0) is 16.8. The third kappa shape index (κ3) is 4.96. The molecule has 0 saturated carbocycles. The zero-order valence-electron chi connectivity index (χ0n) is 12.4. The highest BCUT2D eigenvalue weighted by molar-refractivity contribution is 6.30. The second kappa shape index (κ2) is 7.60. The van der Waals surface area contributed by atoms with Crippen LogP contribution in [0.15, 0.2) is 42.5 Å². The molecule has 0 fully saturated rings. The van der Waals surface area contributed by atoms with E-state index in [4.69, 9.17) is 16.3 Å². The van der Waals surface area contributed by atoms with E-state index < -0.39 is 4.92 Å². The Balaban J connectivity index is 1.89. The van der Waals surface area contributed by atoms with E-state index in [9.17, 15) is 14.9 Å². The first kappa shape index (κ1) is 16.8. The highest BCUT2D eigenvalue weighted by Gasteiger charge is 2.16. The summed E-state index contributed by atoms with van der Waals surface area (Å²) in [5, 5.41) is 13.8. The zero-order valence-corrected chi connectivity index (χ0v) is 13.2. The average molecular weight is 335 g/mol. The molecule has 1 N–H and O–H groups in total. The Morgan fingerprint density at radius 1 is 1.26 bits per heavy atom. The Hall–Kier alpha value is -2.60. The molecule has 6 nitrogen and oxygen atoms in total. The number of carbonyl (C=O) groups excluding carboxylic acids is 1. The third-order valence-corrected chi connectivity index (χ3v) is 3.32. The molecule has 2 aromatic carbocycles. The van der Waals surface area contributed by atoms with Crippen LogP contribution in [0.5, 0.6) is 5.75 Å². The summed E-state index contributed by atoms with van der Waals surface area (Å²) in [6, 6.07) is 11.8. The van der Waals surface area contributed by atoms with Gasteiger partial charge in [0.25, 0.3) is 5.91 Å². The number of benzene rings is 2. The lowest BCUT2D eigenvalue weighted by atomic mass is 10.1. The molecule has 0 heterocycles. The lowest BCUT2D eigenvalue weighted by Gasteiger charge is -2.08. The maximum absolute atomic E-state index is 11.8. The van der Waals surface area contributed by atoms with Crippen LogP contribution in [0.25, 0.3) is 0 Å². The molecule has 0 bridgehead atoms. The van der Waals surface area contributed by atoms with Gasteiger partial charge in [0.05, 0.1) is 4.92 Å². The Labute approximate surface area is 138 Å². The van der Waals surface area contributed by atoms with Crippen LogP contribution in [0.3, 0.4) is 0 Å². The molecule has 1 amide bonds. The van der Waals surface area contributed by atoms with Gasteiger partial charge >= 0.3 is 5.69 Å². The number of aryl methyl sites for hydroxylation is 1. The molecule has 2 rings (SSSR count). The maximum atomic E-state index is 11.8. The number of rotatable bonds is 6. The largest absolute Gasteiger partial charge is 0.477 e. The van der Waals surface area contributed by atoms with Crippen molar-refractivity contribution in [3.8, 4) is 5.75 Å². The molecular formula is C16H15ClN2O4. The minimum Gasteiger partial charge on any atom is -0.477 e. The molecule has 23 heavy (non-hydrogen) atoms. The van der Waals surface area contributed by atoms with Gasteiger partial charge in [-0.15, -0.1) is 0 Å². The molecule has 0 spiro atoms. The SMILES string of the molecule is Cc1ccc(CNC(=O)COc2ccc(Cl)cc2[N+](=O)[O-])cc1. The van der Waals surface area contributed by atoms with Crippen LogP contribution >= 0.6 is 11.6 Å². The molecule has 0 radical (unpaired) electrons. The molecule has 2 aromatic rings. The number of amides is 1. The number of carbonyl (C=O) groups is 1. The fourth-order valence-electron chi connectivity index (χ4n) is 1.86. The van der Waals surface area contributed by atoms with E-state index in [0.29, 0.717) is 6.54 Å². The third-order valence-electron chi connectivity index (χ3n) is 3.09. The van der Waals surface area contributed by atoms with Gasteiger partial charge in [0.15, 0.2) is 12.4 Å². The number of nitro benzene ring substituents is 1. The van der Waals surface area contributed by atoms with E-state index in [0.717, 1.165) is 11.1 Å². The van der Waals surface area contributed by atoms with Crippen molar-refractivity contribution in [2.45, 2.75) is 13.5 Å². The van der Waals surface area contributed by atoms with Gasteiger partial charge in [-0.3, -0.25) is 14.9 Å². The average Bonchev–Trinajstić information content (AvgIpc) is 2.53. The Morgan fingerprint density at radius 3 is 2.61 bits per heavy atom. The predicted octanol–water partition coefficient (Wildman–Crippen LogP) is 3.25. The number of nitro groups is 1. The van der Waals surface area contributed by atoms with Gasteiger partial charge in [0.1, 0.15) is 0 Å². The first-order chi connectivity index (χ1) is 11.0. The monoisotopic (exact) mass is 334 g/mol. The van der Waals surface area contributed by atoms with Gasteiger partial charge in [-0.05, 0) is 24.6 Å². The fourth-order valence-corrected chi connectivity index (χ4v) is 2.02. The molecular weight excluding hydrogens is 320 g/mol. The molecule has 120 valence electrons. The standard InChI is InChI=1S/C16H15ClN2O4/c1-11-2-4-12(5-3-11)9-18-16(20)10-23-15-7-6-13(17)8-14(15)19(21)22/h2-8H,9-10H2,1H3,(H,18,20). The Bertz CT molecular complexity index is 717. The van der Waals surface area contributed by atoms with Crippen molar-refractivity contribution in [2.75, 3.05) is 6.61 Å². The minimum absolute atomic E-state index is 0.00452. The minimum atomic E-state index is -0.606. The molecule has 0 atom stereocenters. The number of ether oxygens (including phenoxy) is 1. The molecule has 7 heteroatoms. The summed E-state index contributed by atoms with van der Waals surface area (Å²) in [5.74, 6) is -0.361. The first-order valence-electron chi connectivity index (χ1n) is 6.84. The van der Waals surface area contributed by atoms with Crippen LogP contribution in [0.1, 0.15) is 11.1 Å².